The molecule has 2 aromatic rings. The van der Waals surface area contributed by atoms with Crippen LogP contribution in [-0.2, 0) is 9.53 Å². The summed E-state index contributed by atoms with van der Waals surface area (Å²) in [6.07, 6.45) is -5.74. The van der Waals surface area contributed by atoms with E-state index in [4.69, 9.17) is 22.1 Å². The van der Waals surface area contributed by atoms with E-state index >= 15 is 0 Å². The molecule has 0 radical (unpaired) electrons. The molecule has 1 aliphatic heterocycles. The van der Waals surface area contributed by atoms with Gasteiger partial charge in [0.25, 0.3) is 18.8 Å². The van der Waals surface area contributed by atoms with Gasteiger partial charge in [-0.15, -0.1) is 0 Å². The molecular formula is C22H22ClF4N7O3. The molecule has 1 aromatic carbocycles. The van der Waals surface area contributed by atoms with Crippen molar-refractivity contribution >= 4 is 29.6 Å². The molecule has 4 rings (SSSR count). The average Bonchev–Trinajstić information content (AvgIpc) is 3.33. The summed E-state index contributed by atoms with van der Waals surface area (Å²) in [4.78, 5) is 34.2. The Labute approximate surface area is 213 Å². The Morgan fingerprint density at radius 1 is 1.35 bits per heavy atom. The Balaban J connectivity index is 1.68. The number of alkyl halides is 4. The number of aromatic nitrogens is 3. The van der Waals surface area contributed by atoms with E-state index in [9.17, 15) is 27.2 Å². The highest BCUT2D eigenvalue weighted by Gasteiger charge is 2.53. The molecule has 2 heterocycles. The Morgan fingerprint density at radius 2 is 2.05 bits per heavy atom. The van der Waals surface area contributed by atoms with E-state index in [0.29, 0.717) is 5.57 Å². The first-order chi connectivity index (χ1) is 17.4. The summed E-state index contributed by atoms with van der Waals surface area (Å²) in [7, 11) is 0. The highest BCUT2D eigenvalue weighted by atomic mass is 35.5. The molecule has 1 aromatic heterocycles. The number of nitrogens with zero attached hydrogens (tertiary/aromatic N) is 5. The minimum absolute atomic E-state index is 0.00894. The monoisotopic (exact) mass is 543 g/mol. The maximum Gasteiger partial charge on any atom is 0.407 e. The van der Waals surface area contributed by atoms with Crippen molar-refractivity contribution in [3.8, 4) is 5.69 Å². The molecule has 2 aliphatic rings. The van der Waals surface area contributed by atoms with Crippen molar-refractivity contribution in [3.63, 3.8) is 0 Å². The number of aliphatic imine (C=N–C) groups is 1. The highest BCUT2D eigenvalue weighted by molar-refractivity contribution is 6.32. The van der Waals surface area contributed by atoms with Gasteiger partial charge >= 0.3 is 6.09 Å². The summed E-state index contributed by atoms with van der Waals surface area (Å²) in [5.74, 6) is -1.45. The molecule has 0 spiro atoms. The highest BCUT2D eigenvalue weighted by Crippen LogP contribution is 2.41. The normalized spacial score (nSPS) is 19.2. The van der Waals surface area contributed by atoms with Gasteiger partial charge in [0.1, 0.15) is 18.5 Å². The number of benzene rings is 1. The lowest BCUT2D eigenvalue weighted by Gasteiger charge is -2.29. The first-order valence-corrected chi connectivity index (χ1v) is 11.4. The number of carbonyl (C=O) groups is 2. The zero-order chi connectivity index (χ0) is 27.1. The second kappa shape index (κ2) is 10.00. The molecule has 0 bridgehead atoms. The molecule has 2 atom stereocenters. The number of nitrogens with one attached hydrogen (secondary N) is 1. The number of halogens is 5. The molecule has 15 heteroatoms. The van der Waals surface area contributed by atoms with Crippen molar-refractivity contribution in [2.24, 2.45) is 10.7 Å². The van der Waals surface area contributed by atoms with Gasteiger partial charge in [0, 0.05) is 0 Å². The Bertz CT molecular complexity index is 1260. The zero-order valence-electron chi connectivity index (χ0n) is 19.4. The maximum atomic E-state index is 13.4. The average molecular weight is 544 g/mol. The topological polar surface area (TPSA) is 128 Å². The first-order valence-electron chi connectivity index (χ1n) is 11.0. The quantitative estimate of drug-likeness (QED) is 0.368. The molecule has 2 amide bonds. The molecular weight excluding hydrogens is 522 g/mol. The number of carbonyl (C=O) groups excluding carboxylic acids is 2. The van der Waals surface area contributed by atoms with Crippen LogP contribution in [0.3, 0.4) is 0 Å². The van der Waals surface area contributed by atoms with Gasteiger partial charge in [0.05, 0.1) is 16.8 Å². The van der Waals surface area contributed by atoms with Gasteiger partial charge in [-0.25, -0.2) is 37.0 Å². The van der Waals surface area contributed by atoms with Crippen LogP contribution in [0.15, 0.2) is 41.7 Å². The summed E-state index contributed by atoms with van der Waals surface area (Å²) in [6, 6.07) is 2.08. The Hall–Kier alpha value is -3.68. The SMILES string of the molecule is C=C(C)C1N=C(N)N(C(COC(=O)NC2(C(F)F)CC2)c2ccc(Cl)c(-n3ncnc3C(F)F)c2)C1=O. The van der Waals surface area contributed by atoms with Gasteiger partial charge in [-0.1, -0.05) is 24.2 Å². The molecule has 10 nitrogen and oxygen atoms in total. The summed E-state index contributed by atoms with van der Waals surface area (Å²) in [5.41, 5.74) is 5.05. The minimum atomic E-state index is -2.96. The Kier molecular flexibility index (Phi) is 7.13. The number of nitrogens with two attached hydrogens (primary N) is 1. The van der Waals surface area contributed by atoms with E-state index < -0.39 is 54.9 Å². The molecule has 0 saturated heterocycles. The van der Waals surface area contributed by atoms with Crippen LogP contribution in [0.5, 0.6) is 0 Å². The lowest BCUT2D eigenvalue weighted by Crippen LogP contribution is -2.46. The van der Waals surface area contributed by atoms with Crippen molar-refractivity contribution in [1.29, 1.82) is 0 Å². The van der Waals surface area contributed by atoms with Crippen LogP contribution in [0, 0.1) is 0 Å². The minimum Gasteiger partial charge on any atom is -0.447 e. The molecule has 1 aliphatic carbocycles. The fraction of sp³-hybridized carbons (Fsp3) is 0.409. The fourth-order valence-corrected chi connectivity index (χ4v) is 4.06. The van der Waals surface area contributed by atoms with Crippen LogP contribution in [0.2, 0.25) is 5.02 Å². The van der Waals surface area contributed by atoms with E-state index in [1.165, 1.54) is 18.2 Å². The van der Waals surface area contributed by atoms with Crippen LogP contribution in [0.1, 0.15) is 43.6 Å². The third-order valence-corrected chi connectivity index (χ3v) is 6.36. The van der Waals surface area contributed by atoms with E-state index in [1.54, 1.807) is 6.92 Å². The zero-order valence-corrected chi connectivity index (χ0v) is 20.1. The second-order valence-electron chi connectivity index (χ2n) is 8.68. The van der Waals surface area contributed by atoms with Gasteiger partial charge in [-0.05, 0) is 43.0 Å². The summed E-state index contributed by atoms with van der Waals surface area (Å²) in [5, 5.41) is 6.00. The molecule has 37 heavy (non-hydrogen) atoms. The third-order valence-electron chi connectivity index (χ3n) is 6.04. The largest absolute Gasteiger partial charge is 0.447 e. The van der Waals surface area contributed by atoms with Gasteiger partial charge < -0.3 is 15.8 Å². The number of hydrogen-bond acceptors (Lipinski definition) is 7. The van der Waals surface area contributed by atoms with Gasteiger partial charge in [0.2, 0.25) is 0 Å². The van der Waals surface area contributed by atoms with Crippen molar-refractivity contribution in [3.05, 3.63) is 53.1 Å². The lowest BCUT2D eigenvalue weighted by molar-refractivity contribution is -0.129. The number of guanidine groups is 1. The van der Waals surface area contributed by atoms with E-state index in [0.717, 1.165) is 15.9 Å². The van der Waals surface area contributed by atoms with Crippen LogP contribution in [-0.4, -0.2) is 62.2 Å². The second-order valence-corrected chi connectivity index (χ2v) is 9.09. The number of alkyl carbamates (subject to hydrolysis) is 1. The Morgan fingerprint density at radius 3 is 2.62 bits per heavy atom. The maximum absolute atomic E-state index is 13.4. The summed E-state index contributed by atoms with van der Waals surface area (Å²) >= 11 is 6.25. The van der Waals surface area contributed by atoms with Crippen LogP contribution in [0.4, 0.5) is 22.4 Å². The third kappa shape index (κ3) is 5.10. The molecule has 1 fully saturated rings. The van der Waals surface area contributed by atoms with Crippen LogP contribution in [0.25, 0.3) is 5.69 Å². The predicted octanol–water partition coefficient (Wildman–Crippen LogP) is 3.52. The van der Waals surface area contributed by atoms with Gasteiger partial charge in [0.15, 0.2) is 17.8 Å². The van der Waals surface area contributed by atoms with E-state index in [-0.39, 0.29) is 35.1 Å². The molecule has 198 valence electrons. The number of amides is 2. The van der Waals surface area contributed by atoms with E-state index in [1.807, 2.05) is 0 Å². The van der Waals surface area contributed by atoms with Crippen LogP contribution >= 0.6 is 11.6 Å². The van der Waals surface area contributed by atoms with Crippen molar-refractivity contribution in [2.45, 2.75) is 50.2 Å². The molecule has 1 saturated carbocycles. The predicted molar refractivity (Wildman–Crippen MR) is 124 cm³/mol. The molecule has 3 N–H and O–H groups in total. The summed E-state index contributed by atoms with van der Waals surface area (Å²) < 4.78 is 59.4. The smallest absolute Gasteiger partial charge is 0.407 e. The fourth-order valence-electron chi connectivity index (χ4n) is 3.86. The van der Waals surface area contributed by atoms with Crippen molar-refractivity contribution < 1.29 is 31.9 Å². The first kappa shape index (κ1) is 26.4. The van der Waals surface area contributed by atoms with Gasteiger partial charge in [-0.3, -0.25) is 9.69 Å². The standard InChI is InChI=1S/C22H22ClF4N7O3/c1-10(2)15-18(35)33(20(28)31-15)14(8-37-21(36)32-22(5-6-22)19(26)27)11-3-4-12(23)13(7-11)34-17(16(24)25)29-9-30-34/h3-4,7,9,14-16,19H,1,5-6,8H2,2H3,(H2,28,31)(H,32,36). The van der Waals surface area contributed by atoms with Crippen molar-refractivity contribution in [1.82, 2.24) is 25.0 Å². The van der Waals surface area contributed by atoms with Gasteiger partial charge in [-0.2, -0.15) is 5.10 Å². The lowest BCUT2D eigenvalue weighted by atomic mass is 10.0. The van der Waals surface area contributed by atoms with E-state index in [2.05, 4.69) is 27.0 Å². The summed E-state index contributed by atoms with van der Waals surface area (Å²) in [6.45, 7) is 4.78. The molecule has 2 unspecified atom stereocenters. The number of ether oxygens (including phenoxy) is 1. The number of hydrogen-bond donors (Lipinski definition) is 2. The van der Waals surface area contributed by atoms with Crippen LogP contribution < -0.4 is 11.1 Å². The van der Waals surface area contributed by atoms with Crippen molar-refractivity contribution in [2.75, 3.05) is 6.61 Å². The number of rotatable bonds is 9.